The largest absolute Gasteiger partial charge is 0.311 e. The molecule has 2 atom stereocenters. The Morgan fingerprint density at radius 1 is 1.25 bits per heavy atom. The summed E-state index contributed by atoms with van der Waals surface area (Å²) in [5, 5.41) is 3.29. The van der Waals surface area contributed by atoms with Gasteiger partial charge in [-0.05, 0) is 25.3 Å². The lowest BCUT2D eigenvalue weighted by Gasteiger charge is -2.23. The predicted molar refractivity (Wildman–Crippen MR) is 50.0 cm³/mol. The van der Waals surface area contributed by atoms with E-state index in [0.29, 0.717) is 0 Å². The maximum absolute atomic E-state index is 13.5. The quantitative estimate of drug-likeness (QED) is 0.676. The van der Waals surface area contributed by atoms with Crippen molar-refractivity contribution in [3.63, 3.8) is 0 Å². The van der Waals surface area contributed by atoms with E-state index in [1.165, 1.54) is 19.3 Å². The van der Waals surface area contributed by atoms with Gasteiger partial charge in [0.1, 0.15) is 6.17 Å². The molecule has 72 valence electrons. The number of alkyl halides is 1. The van der Waals surface area contributed by atoms with Crippen LogP contribution in [0.2, 0.25) is 0 Å². The summed E-state index contributed by atoms with van der Waals surface area (Å²) < 4.78 is 13.5. The topological polar surface area (TPSA) is 12.0 Å². The Balaban J connectivity index is 2.37. The monoisotopic (exact) mass is 173 g/mol. The highest BCUT2D eigenvalue weighted by atomic mass is 19.1. The van der Waals surface area contributed by atoms with Gasteiger partial charge in [-0.2, -0.15) is 0 Å². The zero-order chi connectivity index (χ0) is 8.97. The number of rotatable bonds is 2. The van der Waals surface area contributed by atoms with Crippen LogP contribution in [0.3, 0.4) is 0 Å². The standard InChI is InChI=1S/C10H20FN/c1-8(2)10(11)9-6-4-3-5-7-12-9/h8-10,12H,3-7H2,1-2H3. The Hall–Kier alpha value is -0.110. The molecule has 0 amide bonds. The van der Waals surface area contributed by atoms with E-state index in [0.717, 1.165) is 13.0 Å². The summed E-state index contributed by atoms with van der Waals surface area (Å²) >= 11 is 0. The van der Waals surface area contributed by atoms with Crippen LogP contribution in [-0.2, 0) is 0 Å². The summed E-state index contributed by atoms with van der Waals surface area (Å²) in [6, 6.07) is 0.118. The van der Waals surface area contributed by atoms with Crippen molar-refractivity contribution in [3.8, 4) is 0 Å². The van der Waals surface area contributed by atoms with Crippen LogP contribution < -0.4 is 5.32 Å². The third-order valence-electron chi connectivity index (χ3n) is 2.62. The fraction of sp³-hybridized carbons (Fsp3) is 1.00. The minimum atomic E-state index is -0.664. The average molecular weight is 173 g/mol. The lowest BCUT2D eigenvalue weighted by Crippen LogP contribution is -2.39. The SMILES string of the molecule is CC(C)C(F)C1CCCCCN1. The zero-order valence-electron chi connectivity index (χ0n) is 8.15. The molecule has 1 nitrogen and oxygen atoms in total. The summed E-state index contributed by atoms with van der Waals surface area (Å²) in [5.41, 5.74) is 0. The van der Waals surface area contributed by atoms with Gasteiger partial charge in [-0.1, -0.05) is 26.7 Å². The van der Waals surface area contributed by atoms with Crippen LogP contribution >= 0.6 is 0 Å². The molecule has 0 aromatic heterocycles. The molecule has 0 spiro atoms. The van der Waals surface area contributed by atoms with E-state index in [1.807, 2.05) is 13.8 Å². The Kier molecular flexibility index (Phi) is 3.99. The fourth-order valence-corrected chi connectivity index (χ4v) is 1.79. The predicted octanol–water partition coefficient (Wildman–Crippen LogP) is 2.51. The van der Waals surface area contributed by atoms with Crippen LogP contribution in [-0.4, -0.2) is 18.8 Å². The van der Waals surface area contributed by atoms with Crippen molar-refractivity contribution in [3.05, 3.63) is 0 Å². The summed E-state index contributed by atoms with van der Waals surface area (Å²) in [5.74, 6) is 0.153. The van der Waals surface area contributed by atoms with Crippen LogP contribution in [0.4, 0.5) is 4.39 Å². The molecule has 1 saturated heterocycles. The molecule has 1 N–H and O–H groups in total. The molecular formula is C10H20FN. The molecule has 1 aliphatic rings. The van der Waals surface area contributed by atoms with Crippen LogP contribution in [0.5, 0.6) is 0 Å². The highest BCUT2D eigenvalue weighted by molar-refractivity contribution is 4.80. The van der Waals surface area contributed by atoms with E-state index in [9.17, 15) is 4.39 Å². The van der Waals surface area contributed by atoms with Crippen molar-refractivity contribution >= 4 is 0 Å². The Bertz CT molecular complexity index is 117. The summed E-state index contributed by atoms with van der Waals surface area (Å²) in [6.07, 6.45) is 4.00. The smallest absolute Gasteiger partial charge is 0.118 e. The molecule has 1 aliphatic heterocycles. The number of hydrogen-bond acceptors (Lipinski definition) is 1. The van der Waals surface area contributed by atoms with Crippen molar-refractivity contribution in [2.75, 3.05) is 6.54 Å². The van der Waals surface area contributed by atoms with Gasteiger partial charge in [0.25, 0.3) is 0 Å². The van der Waals surface area contributed by atoms with Crippen molar-refractivity contribution in [1.29, 1.82) is 0 Å². The van der Waals surface area contributed by atoms with Gasteiger partial charge in [-0.15, -0.1) is 0 Å². The molecule has 0 saturated carbocycles. The van der Waals surface area contributed by atoms with E-state index < -0.39 is 6.17 Å². The molecule has 0 bridgehead atoms. The number of hydrogen-bond donors (Lipinski definition) is 1. The van der Waals surface area contributed by atoms with E-state index in [4.69, 9.17) is 0 Å². The number of halogens is 1. The second-order valence-corrected chi connectivity index (χ2v) is 4.10. The third-order valence-corrected chi connectivity index (χ3v) is 2.62. The first-order valence-corrected chi connectivity index (χ1v) is 5.09. The molecule has 1 heterocycles. The minimum absolute atomic E-state index is 0.118. The molecule has 1 rings (SSSR count). The van der Waals surface area contributed by atoms with Gasteiger partial charge in [-0.3, -0.25) is 0 Å². The molecule has 0 radical (unpaired) electrons. The molecule has 12 heavy (non-hydrogen) atoms. The van der Waals surface area contributed by atoms with Gasteiger partial charge in [0.15, 0.2) is 0 Å². The first-order valence-electron chi connectivity index (χ1n) is 5.09. The molecule has 1 fully saturated rings. The van der Waals surface area contributed by atoms with Crippen molar-refractivity contribution in [2.45, 2.75) is 51.7 Å². The van der Waals surface area contributed by atoms with Crippen molar-refractivity contribution < 1.29 is 4.39 Å². The van der Waals surface area contributed by atoms with Gasteiger partial charge < -0.3 is 5.32 Å². The molecule has 0 aromatic rings. The molecular weight excluding hydrogens is 153 g/mol. The van der Waals surface area contributed by atoms with Gasteiger partial charge in [0.2, 0.25) is 0 Å². The highest BCUT2D eigenvalue weighted by Crippen LogP contribution is 2.18. The Morgan fingerprint density at radius 3 is 2.67 bits per heavy atom. The van der Waals surface area contributed by atoms with Gasteiger partial charge in [0, 0.05) is 6.04 Å². The third kappa shape index (κ3) is 2.74. The molecule has 0 aromatic carbocycles. The van der Waals surface area contributed by atoms with Gasteiger partial charge >= 0.3 is 0 Å². The minimum Gasteiger partial charge on any atom is -0.311 e. The van der Waals surface area contributed by atoms with Crippen LogP contribution in [0.1, 0.15) is 39.5 Å². The second-order valence-electron chi connectivity index (χ2n) is 4.10. The normalized spacial score (nSPS) is 28.5. The second kappa shape index (κ2) is 4.80. The van der Waals surface area contributed by atoms with Crippen molar-refractivity contribution in [2.24, 2.45) is 5.92 Å². The van der Waals surface area contributed by atoms with E-state index >= 15 is 0 Å². The van der Waals surface area contributed by atoms with Crippen LogP contribution in [0, 0.1) is 5.92 Å². The molecule has 2 heteroatoms. The zero-order valence-corrected chi connectivity index (χ0v) is 8.15. The van der Waals surface area contributed by atoms with E-state index in [2.05, 4.69) is 5.32 Å². The highest BCUT2D eigenvalue weighted by Gasteiger charge is 2.24. The maximum atomic E-state index is 13.5. The summed E-state index contributed by atoms with van der Waals surface area (Å²) in [6.45, 7) is 4.91. The van der Waals surface area contributed by atoms with Crippen LogP contribution in [0.15, 0.2) is 0 Å². The van der Waals surface area contributed by atoms with E-state index in [1.54, 1.807) is 0 Å². The Labute approximate surface area is 74.7 Å². The Morgan fingerprint density at radius 2 is 2.00 bits per heavy atom. The fourth-order valence-electron chi connectivity index (χ4n) is 1.79. The number of nitrogens with one attached hydrogen (secondary N) is 1. The maximum Gasteiger partial charge on any atom is 0.118 e. The molecule has 2 unspecified atom stereocenters. The lowest BCUT2D eigenvalue weighted by atomic mass is 9.98. The average Bonchev–Trinajstić information content (AvgIpc) is 2.30. The first kappa shape index (κ1) is 9.97. The van der Waals surface area contributed by atoms with Gasteiger partial charge in [0.05, 0.1) is 0 Å². The van der Waals surface area contributed by atoms with Gasteiger partial charge in [-0.25, -0.2) is 4.39 Å². The lowest BCUT2D eigenvalue weighted by molar-refractivity contribution is 0.186. The van der Waals surface area contributed by atoms with E-state index in [-0.39, 0.29) is 12.0 Å². The van der Waals surface area contributed by atoms with Crippen molar-refractivity contribution in [1.82, 2.24) is 5.32 Å². The van der Waals surface area contributed by atoms with Crippen LogP contribution in [0.25, 0.3) is 0 Å². The summed E-state index contributed by atoms with van der Waals surface area (Å²) in [4.78, 5) is 0. The molecule has 0 aliphatic carbocycles. The summed E-state index contributed by atoms with van der Waals surface area (Å²) in [7, 11) is 0. The first-order chi connectivity index (χ1) is 5.72.